The molecule has 2 N–H and O–H groups in total. The van der Waals surface area contributed by atoms with Crippen molar-refractivity contribution >= 4 is 23.2 Å². The molecule has 154 valence electrons. The summed E-state index contributed by atoms with van der Waals surface area (Å²) in [6, 6.07) is 19.6. The number of para-hydroxylation sites is 2. The Balaban J connectivity index is 1.55. The first-order chi connectivity index (χ1) is 14.4. The lowest BCUT2D eigenvalue weighted by Crippen LogP contribution is -2.20. The molecule has 3 aromatic carbocycles. The van der Waals surface area contributed by atoms with Gasteiger partial charge in [0.15, 0.2) is 6.61 Å². The van der Waals surface area contributed by atoms with Crippen LogP contribution in [0.5, 0.6) is 11.5 Å². The molecule has 6 nitrogen and oxygen atoms in total. The fraction of sp³-hybridized carbons (Fsp3) is 0.167. The van der Waals surface area contributed by atoms with Crippen molar-refractivity contribution in [3.8, 4) is 11.5 Å². The molecule has 0 unspecified atom stereocenters. The number of anilines is 2. The monoisotopic (exact) mass is 404 g/mol. The maximum Gasteiger partial charge on any atom is 0.262 e. The lowest BCUT2D eigenvalue weighted by Gasteiger charge is -2.11. The molecule has 0 fully saturated rings. The first kappa shape index (κ1) is 20.9. The summed E-state index contributed by atoms with van der Waals surface area (Å²) in [6.07, 6.45) is 0. The second-order valence-corrected chi connectivity index (χ2v) is 6.89. The fourth-order valence-corrected chi connectivity index (χ4v) is 3.01. The normalized spacial score (nSPS) is 10.2. The van der Waals surface area contributed by atoms with Gasteiger partial charge >= 0.3 is 0 Å². The van der Waals surface area contributed by atoms with E-state index in [2.05, 4.69) is 10.6 Å². The summed E-state index contributed by atoms with van der Waals surface area (Å²) in [4.78, 5) is 24.6. The molecule has 0 aromatic heterocycles. The zero-order valence-corrected chi connectivity index (χ0v) is 17.2. The van der Waals surface area contributed by atoms with Crippen LogP contribution in [0.25, 0.3) is 0 Å². The SMILES string of the molecule is COc1ccccc1NC(=O)c1ccc(NC(=O)COc2cc(C)cc(C)c2)cc1. The van der Waals surface area contributed by atoms with Gasteiger partial charge in [0.05, 0.1) is 12.8 Å². The van der Waals surface area contributed by atoms with Crippen LogP contribution in [0.2, 0.25) is 0 Å². The number of carbonyl (C=O) groups is 2. The lowest BCUT2D eigenvalue weighted by atomic mass is 10.1. The zero-order chi connectivity index (χ0) is 21.5. The fourth-order valence-electron chi connectivity index (χ4n) is 3.01. The molecule has 0 aliphatic rings. The first-order valence-corrected chi connectivity index (χ1v) is 9.50. The average Bonchev–Trinajstić information content (AvgIpc) is 2.72. The molecule has 0 atom stereocenters. The molecule has 0 heterocycles. The molecule has 0 saturated carbocycles. The third-order valence-electron chi connectivity index (χ3n) is 4.35. The summed E-state index contributed by atoms with van der Waals surface area (Å²) < 4.78 is 10.8. The van der Waals surface area contributed by atoms with Gasteiger partial charge in [-0.15, -0.1) is 0 Å². The van der Waals surface area contributed by atoms with Gasteiger partial charge in [0, 0.05) is 11.3 Å². The highest BCUT2D eigenvalue weighted by atomic mass is 16.5. The third-order valence-corrected chi connectivity index (χ3v) is 4.35. The van der Waals surface area contributed by atoms with Crippen LogP contribution in [-0.2, 0) is 4.79 Å². The van der Waals surface area contributed by atoms with E-state index in [1.54, 1.807) is 43.5 Å². The minimum absolute atomic E-state index is 0.0983. The summed E-state index contributed by atoms with van der Waals surface area (Å²) >= 11 is 0. The highest BCUT2D eigenvalue weighted by Crippen LogP contribution is 2.24. The van der Waals surface area contributed by atoms with Gasteiger partial charge in [0.2, 0.25) is 0 Å². The molecule has 3 rings (SSSR count). The van der Waals surface area contributed by atoms with Crippen LogP contribution >= 0.6 is 0 Å². The largest absolute Gasteiger partial charge is 0.495 e. The Morgan fingerprint density at radius 3 is 2.20 bits per heavy atom. The van der Waals surface area contributed by atoms with E-state index in [0.29, 0.717) is 28.4 Å². The molecule has 2 amide bonds. The number of aryl methyl sites for hydroxylation is 2. The number of amides is 2. The Morgan fingerprint density at radius 1 is 0.867 bits per heavy atom. The molecule has 0 saturated heterocycles. The van der Waals surface area contributed by atoms with Crippen LogP contribution in [0.3, 0.4) is 0 Å². The van der Waals surface area contributed by atoms with Crippen LogP contribution in [0, 0.1) is 13.8 Å². The van der Waals surface area contributed by atoms with Gasteiger partial charge in [-0.3, -0.25) is 9.59 Å². The van der Waals surface area contributed by atoms with Crippen LogP contribution in [-0.4, -0.2) is 25.5 Å². The summed E-state index contributed by atoms with van der Waals surface area (Å²) in [7, 11) is 1.55. The Morgan fingerprint density at radius 2 is 1.53 bits per heavy atom. The maximum atomic E-state index is 12.5. The Kier molecular flexibility index (Phi) is 6.70. The standard InChI is InChI=1S/C24H24N2O4/c1-16-12-17(2)14-20(13-16)30-15-23(27)25-19-10-8-18(9-11-19)24(28)26-21-6-4-5-7-22(21)29-3/h4-14H,15H2,1-3H3,(H,25,27)(H,26,28). The number of hydrogen-bond acceptors (Lipinski definition) is 4. The summed E-state index contributed by atoms with van der Waals surface area (Å²) in [6.45, 7) is 3.86. The number of nitrogens with one attached hydrogen (secondary N) is 2. The topological polar surface area (TPSA) is 76.7 Å². The van der Waals surface area contributed by atoms with Crippen molar-refractivity contribution in [3.63, 3.8) is 0 Å². The Bertz CT molecular complexity index is 1030. The summed E-state index contributed by atoms with van der Waals surface area (Å²) in [5.74, 6) is 0.695. The number of hydrogen-bond donors (Lipinski definition) is 2. The molecular formula is C24H24N2O4. The van der Waals surface area contributed by atoms with E-state index in [1.165, 1.54) is 0 Å². The van der Waals surface area contributed by atoms with Gasteiger partial charge in [-0.25, -0.2) is 0 Å². The van der Waals surface area contributed by atoms with Crippen molar-refractivity contribution in [1.29, 1.82) is 0 Å². The van der Waals surface area contributed by atoms with Gasteiger partial charge in [0.25, 0.3) is 11.8 Å². The van der Waals surface area contributed by atoms with Crippen molar-refractivity contribution in [1.82, 2.24) is 0 Å². The van der Waals surface area contributed by atoms with E-state index in [4.69, 9.17) is 9.47 Å². The summed E-state index contributed by atoms with van der Waals surface area (Å²) in [5, 5.41) is 5.57. The predicted octanol–water partition coefficient (Wildman–Crippen LogP) is 4.58. The van der Waals surface area contributed by atoms with Crippen LogP contribution in [0.1, 0.15) is 21.5 Å². The first-order valence-electron chi connectivity index (χ1n) is 9.50. The molecule has 30 heavy (non-hydrogen) atoms. The smallest absolute Gasteiger partial charge is 0.262 e. The quantitative estimate of drug-likeness (QED) is 0.604. The number of carbonyl (C=O) groups excluding carboxylic acids is 2. The molecular weight excluding hydrogens is 380 g/mol. The van der Waals surface area contributed by atoms with Crippen LogP contribution < -0.4 is 20.1 Å². The molecule has 0 bridgehead atoms. The van der Waals surface area contributed by atoms with Gasteiger partial charge in [-0.2, -0.15) is 0 Å². The van der Waals surface area contributed by atoms with E-state index in [1.807, 2.05) is 44.2 Å². The second kappa shape index (κ2) is 9.60. The minimum Gasteiger partial charge on any atom is -0.495 e. The third kappa shape index (κ3) is 5.61. The second-order valence-electron chi connectivity index (χ2n) is 6.89. The molecule has 3 aromatic rings. The molecule has 0 aliphatic heterocycles. The van der Waals surface area contributed by atoms with Gasteiger partial charge in [-0.05, 0) is 73.5 Å². The van der Waals surface area contributed by atoms with Crippen molar-refractivity contribution in [2.75, 3.05) is 24.4 Å². The Labute approximate surface area is 175 Å². The van der Waals surface area contributed by atoms with E-state index in [0.717, 1.165) is 11.1 Å². The van der Waals surface area contributed by atoms with Crippen LogP contribution in [0.15, 0.2) is 66.7 Å². The van der Waals surface area contributed by atoms with Crippen molar-refractivity contribution < 1.29 is 19.1 Å². The van der Waals surface area contributed by atoms with Crippen molar-refractivity contribution in [2.24, 2.45) is 0 Å². The van der Waals surface area contributed by atoms with Gasteiger partial charge < -0.3 is 20.1 Å². The molecule has 0 aliphatic carbocycles. The van der Waals surface area contributed by atoms with E-state index >= 15 is 0 Å². The number of ether oxygens (including phenoxy) is 2. The lowest BCUT2D eigenvalue weighted by molar-refractivity contribution is -0.118. The highest BCUT2D eigenvalue weighted by Gasteiger charge is 2.10. The molecule has 0 spiro atoms. The van der Waals surface area contributed by atoms with Crippen LogP contribution in [0.4, 0.5) is 11.4 Å². The molecule has 6 heteroatoms. The van der Waals surface area contributed by atoms with Crippen molar-refractivity contribution in [2.45, 2.75) is 13.8 Å². The predicted molar refractivity (Wildman–Crippen MR) is 117 cm³/mol. The van der Waals surface area contributed by atoms with E-state index in [-0.39, 0.29) is 18.4 Å². The minimum atomic E-state index is -0.277. The highest BCUT2D eigenvalue weighted by molar-refractivity contribution is 6.05. The Hall–Kier alpha value is -3.80. The van der Waals surface area contributed by atoms with E-state index in [9.17, 15) is 9.59 Å². The molecule has 0 radical (unpaired) electrons. The van der Waals surface area contributed by atoms with Crippen molar-refractivity contribution in [3.05, 3.63) is 83.4 Å². The zero-order valence-electron chi connectivity index (χ0n) is 17.2. The number of benzene rings is 3. The number of methoxy groups -OCH3 is 1. The van der Waals surface area contributed by atoms with Gasteiger partial charge in [-0.1, -0.05) is 18.2 Å². The number of rotatable bonds is 7. The summed E-state index contributed by atoms with van der Waals surface area (Å²) in [5.41, 5.74) is 3.79. The van der Waals surface area contributed by atoms with Gasteiger partial charge in [0.1, 0.15) is 11.5 Å². The average molecular weight is 404 g/mol. The van der Waals surface area contributed by atoms with E-state index < -0.39 is 0 Å². The maximum absolute atomic E-state index is 12.5.